The predicted molar refractivity (Wildman–Crippen MR) is 75.2 cm³/mol. The second-order valence-electron chi connectivity index (χ2n) is 5.27. The number of fused-ring (bicyclic) bond motifs is 1. The third-order valence-corrected chi connectivity index (χ3v) is 3.61. The van der Waals surface area contributed by atoms with Crippen molar-refractivity contribution >= 4 is 0 Å². The van der Waals surface area contributed by atoms with E-state index in [2.05, 4.69) is 42.5 Å². The van der Waals surface area contributed by atoms with E-state index in [1.54, 1.807) is 7.11 Å². The lowest BCUT2D eigenvalue weighted by molar-refractivity contribution is 0.371. The molecule has 1 N–H and O–H groups in total. The van der Waals surface area contributed by atoms with E-state index in [9.17, 15) is 0 Å². The summed E-state index contributed by atoms with van der Waals surface area (Å²) < 4.78 is 5.30. The van der Waals surface area contributed by atoms with Gasteiger partial charge in [-0.3, -0.25) is 0 Å². The lowest BCUT2D eigenvalue weighted by Gasteiger charge is -2.27. The molecule has 1 aromatic carbocycles. The van der Waals surface area contributed by atoms with Gasteiger partial charge in [0, 0.05) is 19.1 Å². The molecule has 18 heavy (non-hydrogen) atoms. The van der Waals surface area contributed by atoms with E-state index in [1.807, 2.05) is 0 Å². The fourth-order valence-electron chi connectivity index (χ4n) is 2.59. The number of nitrogens with one attached hydrogen (secondary N) is 1. The van der Waals surface area contributed by atoms with Gasteiger partial charge in [0.15, 0.2) is 0 Å². The molecule has 0 radical (unpaired) electrons. The Kier molecular flexibility index (Phi) is 4.61. The van der Waals surface area contributed by atoms with Crippen LogP contribution < -0.4 is 10.1 Å². The number of hydrogen-bond acceptors (Lipinski definition) is 3. The van der Waals surface area contributed by atoms with Crippen LogP contribution in [0, 0.1) is 0 Å². The van der Waals surface area contributed by atoms with Gasteiger partial charge in [-0.05, 0) is 56.6 Å². The molecule has 1 aromatic rings. The van der Waals surface area contributed by atoms with Crippen LogP contribution in [0.4, 0.5) is 0 Å². The zero-order valence-electron chi connectivity index (χ0n) is 11.7. The van der Waals surface area contributed by atoms with E-state index < -0.39 is 0 Å². The highest BCUT2D eigenvalue weighted by atomic mass is 16.5. The maximum absolute atomic E-state index is 5.30. The van der Waals surface area contributed by atoms with Crippen molar-refractivity contribution < 1.29 is 4.74 Å². The van der Waals surface area contributed by atoms with Gasteiger partial charge in [-0.2, -0.15) is 0 Å². The molecule has 0 fully saturated rings. The van der Waals surface area contributed by atoms with Gasteiger partial charge in [-0.15, -0.1) is 0 Å². The summed E-state index contributed by atoms with van der Waals surface area (Å²) >= 11 is 0. The van der Waals surface area contributed by atoms with Crippen LogP contribution in [0.3, 0.4) is 0 Å². The summed E-state index contributed by atoms with van der Waals surface area (Å²) in [7, 11) is 5.96. The van der Waals surface area contributed by atoms with Gasteiger partial charge < -0.3 is 15.0 Å². The smallest absolute Gasteiger partial charge is 0.119 e. The van der Waals surface area contributed by atoms with E-state index in [4.69, 9.17) is 4.74 Å². The highest BCUT2D eigenvalue weighted by molar-refractivity contribution is 5.39. The summed E-state index contributed by atoms with van der Waals surface area (Å²) in [5, 5.41) is 3.66. The summed E-state index contributed by atoms with van der Waals surface area (Å²) in [5.41, 5.74) is 2.91. The van der Waals surface area contributed by atoms with Crippen LogP contribution in [0.2, 0.25) is 0 Å². The molecule has 0 aromatic heterocycles. The largest absolute Gasteiger partial charge is 0.497 e. The summed E-state index contributed by atoms with van der Waals surface area (Å²) in [4.78, 5) is 2.21. The molecule has 1 aliphatic carbocycles. The first-order valence-corrected chi connectivity index (χ1v) is 6.75. The lowest BCUT2D eigenvalue weighted by Crippen LogP contribution is -2.31. The lowest BCUT2D eigenvalue weighted by atomic mass is 9.87. The van der Waals surface area contributed by atoms with Gasteiger partial charge >= 0.3 is 0 Å². The summed E-state index contributed by atoms with van der Waals surface area (Å²) in [5.74, 6) is 0.975. The molecule has 0 saturated carbocycles. The van der Waals surface area contributed by atoms with Crippen LogP contribution >= 0.6 is 0 Å². The van der Waals surface area contributed by atoms with E-state index in [-0.39, 0.29) is 0 Å². The number of likely N-dealkylation sites (N-methyl/N-ethyl adjacent to an activating group) is 1. The molecule has 1 unspecified atom stereocenters. The topological polar surface area (TPSA) is 24.5 Å². The van der Waals surface area contributed by atoms with Gasteiger partial charge in [-0.25, -0.2) is 0 Å². The van der Waals surface area contributed by atoms with Gasteiger partial charge in [0.1, 0.15) is 5.75 Å². The van der Waals surface area contributed by atoms with Gasteiger partial charge in [0.2, 0.25) is 0 Å². The number of ether oxygens (including phenoxy) is 1. The van der Waals surface area contributed by atoms with Crippen LogP contribution in [0.1, 0.15) is 30.0 Å². The molecular formula is C15H24N2O. The molecule has 0 aliphatic heterocycles. The van der Waals surface area contributed by atoms with E-state index in [0.29, 0.717) is 6.04 Å². The monoisotopic (exact) mass is 248 g/mol. The molecule has 3 heteroatoms. The number of aryl methyl sites for hydroxylation is 1. The van der Waals surface area contributed by atoms with Crippen molar-refractivity contribution in [3.8, 4) is 5.75 Å². The number of nitrogens with zero attached hydrogens (tertiary/aromatic N) is 1. The van der Waals surface area contributed by atoms with Crippen LogP contribution in [0.15, 0.2) is 18.2 Å². The zero-order valence-corrected chi connectivity index (χ0v) is 11.7. The Morgan fingerprint density at radius 2 is 2.22 bits per heavy atom. The maximum Gasteiger partial charge on any atom is 0.119 e. The molecule has 100 valence electrons. The second kappa shape index (κ2) is 6.21. The number of rotatable bonds is 5. The molecule has 0 heterocycles. The molecule has 0 amide bonds. The highest BCUT2D eigenvalue weighted by Gasteiger charge is 2.19. The molecular weight excluding hydrogens is 224 g/mol. The van der Waals surface area contributed by atoms with Crippen LogP contribution in [-0.2, 0) is 6.42 Å². The second-order valence-corrected chi connectivity index (χ2v) is 5.27. The molecule has 0 spiro atoms. The Hall–Kier alpha value is -1.06. The Bertz CT molecular complexity index is 390. The minimum atomic E-state index is 0.514. The van der Waals surface area contributed by atoms with Crippen molar-refractivity contribution in [3.63, 3.8) is 0 Å². The average Bonchev–Trinajstić information content (AvgIpc) is 2.38. The Balaban J connectivity index is 2.03. The quantitative estimate of drug-likeness (QED) is 0.865. The fourth-order valence-corrected chi connectivity index (χ4v) is 2.59. The standard InChI is InChI=1S/C15H24N2O/c1-17(2)10-9-16-15-6-4-5-12-11-13(18-3)7-8-14(12)15/h7-8,11,15-16H,4-6,9-10H2,1-3H3. The molecule has 3 nitrogen and oxygen atoms in total. The van der Waals surface area contributed by atoms with E-state index in [0.717, 1.165) is 18.8 Å². The first-order valence-electron chi connectivity index (χ1n) is 6.75. The van der Waals surface area contributed by atoms with Crippen LogP contribution in [0.25, 0.3) is 0 Å². The number of benzene rings is 1. The SMILES string of the molecule is COc1ccc2c(c1)CCCC2NCCN(C)C. The molecule has 0 saturated heterocycles. The van der Waals surface area contributed by atoms with Crippen LogP contribution in [0.5, 0.6) is 5.75 Å². The van der Waals surface area contributed by atoms with Gasteiger partial charge in [-0.1, -0.05) is 6.07 Å². The van der Waals surface area contributed by atoms with E-state index in [1.165, 1.54) is 30.4 Å². The first-order chi connectivity index (χ1) is 8.70. The Morgan fingerprint density at radius 3 is 2.94 bits per heavy atom. The fraction of sp³-hybridized carbons (Fsp3) is 0.600. The summed E-state index contributed by atoms with van der Waals surface area (Å²) in [6.07, 6.45) is 3.69. The molecule has 2 rings (SSSR count). The highest BCUT2D eigenvalue weighted by Crippen LogP contribution is 2.31. The minimum absolute atomic E-state index is 0.514. The summed E-state index contributed by atoms with van der Waals surface area (Å²) in [6.45, 7) is 2.13. The van der Waals surface area contributed by atoms with Gasteiger partial charge in [0.25, 0.3) is 0 Å². The third kappa shape index (κ3) is 3.24. The molecule has 1 atom stereocenters. The minimum Gasteiger partial charge on any atom is -0.497 e. The zero-order chi connectivity index (χ0) is 13.0. The van der Waals surface area contributed by atoms with Crippen molar-refractivity contribution in [2.75, 3.05) is 34.3 Å². The van der Waals surface area contributed by atoms with Crippen molar-refractivity contribution in [2.45, 2.75) is 25.3 Å². The first kappa shape index (κ1) is 13.4. The van der Waals surface area contributed by atoms with Crippen molar-refractivity contribution in [1.29, 1.82) is 0 Å². The Morgan fingerprint density at radius 1 is 1.39 bits per heavy atom. The molecule has 1 aliphatic rings. The average molecular weight is 248 g/mol. The maximum atomic E-state index is 5.30. The van der Waals surface area contributed by atoms with Crippen LogP contribution in [-0.4, -0.2) is 39.2 Å². The van der Waals surface area contributed by atoms with Gasteiger partial charge in [0.05, 0.1) is 7.11 Å². The Labute approximate surface area is 110 Å². The predicted octanol–water partition coefficient (Wildman–Crippen LogP) is 2.22. The summed E-state index contributed by atoms with van der Waals surface area (Å²) in [6, 6.07) is 7.00. The van der Waals surface area contributed by atoms with E-state index >= 15 is 0 Å². The molecule has 0 bridgehead atoms. The third-order valence-electron chi connectivity index (χ3n) is 3.61. The number of hydrogen-bond donors (Lipinski definition) is 1. The number of methoxy groups -OCH3 is 1. The van der Waals surface area contributed by atoms with Crippen molar-refractivity contribution in [2.24, 2.45) is 0 Å². The van der Waals surface area contributed by atoms with Crippen molar-refractivity contribution in [3.05, 3.63) is 29.3 Å². The van der Waals surface area contributed by atoms with Crippen molar-refractivity contribution in [1.82, 2.24) is 10.2 Å². The normalized spacial score (nSPS) is 18.8.